The minimum Gasteiger partial charge on any atom is -0.393 e. The first-order chi connectivity index (χ1) is 16.7. The zero-order valence-corrected chi connectivity index (χ0v) is 22.3. The summed E-state index contributed by atoms with van der Waals surface area (Å²) in [5.74, 6) is 4.98. The van der Waals surface area contributed by atoms with E-state index in [1.165, 1.54) is 31.2 Å². The lowest BCUT2D eigenvalue weighted by Gasteiger charge is -2.62. The number of nitrogens with one attached hydrogen (secondary N) is 1. The number of aromatic nitrogens is 2. The monoisotopic (exact) mass is 478 g/mol. The zero-order chi connectivity index (χ0) is 24.5. The van der Waals surface area contributed by atoms with E-state index >= 15 is 0 Å². The van der Waals surface area contributed by atoms with Crippen LogP contribution in [0.25, 0.3) is 11.0 Å². The Morgan fingerprint density at radius 3 is 2.71 bits per heavy atom. The summed E-state index contributed by atoms with van der Waals surface area (Å²) < 4.78 is 0. The smallest absolute Gasteiger partial charge is 0.107 e. The molecule has 4 aliphatic carbocycles. The zero-order valence-electron chi connectivity index (χ0n) is 22.3. The van der Waals surface area contributed by atoms with E-state index in [-0.39, 0.29) is 17.6 Å². The second kappa shape index (κ2) is 8.58. The maximum atomic E-state index is 11.8. The van der Waals surface area contributed by atoms with Crippen LogP contribution in [0.4, 0.5) is 0 Å². The molecule has 0 amide bonds. The molecule has 1 heterocycles. The van der Waals surface area contributed by atoms with Gasteiger partial charge in [-0.25, -0.2) is 4.98 Å². The number of hydrogen-bond donors (Lipinski definition) is 3. The summed E-state index contributed by atoms with van der Waals surface area (Å²) in [6, 6.07) is 6.44. The molecule has 10 atom stereocenters. The van der Waals surface area contributed by atoms with Crippen molar-refractivity contribution in [1.82, 2.24) is 9.97 Å². The fourth-order valence-electron chi connectivity index (χ4n) is 10.0. The van der Waals surface area contributed by atoms with Crippen molar-refractivity contribution in [2.24, 2.45) is 46.3 Å². The molecule has 4 nitrogen and oxygen atoms in total. The van der Waals surface area contributed by atoms with Gasteiger partial charge in [0.25, 0.3) is 0 Å². The van der Waals surface area contributed by atoms with Crippen LogP contribution in [0, 0.1) is 53.3 Å². The lowest BCUT2D eigenvalue weighted by atomic mass is 9.43. The van der Waals surface area contributed by atoms with Crippen molar-refractivity contribution in [2.45, 2.75) is 104 Å². The molecule has 2 aromatic rings. The Morgan fingerprint density at radius 2 is 1.89 bits per heavy atom. The van der Waals surface area contributed by atoms with Gasteiger partial charge in [-0.3, -0.25) is 0 Å². The molecule has 0 radical (unpaired) electrons. The van der Waals surface area contributed by atoms with Gasteiger partial charge in [-0.15, -0.1) is 0 Å². The number of fused-ring (bicyclic) bond motifs is 6. The molecular formula is C31H46N2O2. The largest absolute Gasteiger partial charge is 0.393 e. The number of aryl methyl sites for hydroxylation is 2. The number of aliphatic hydroxyl groups excluding tert-OH is 2. The van der Waals surface area contributed by atoms with Crippen molar-refractivity contribution in [2.75, 3.05) is 0 Å². The number of imidazole rings is 1. The fourth-order valence-corrected chi connectivity index (χ4v) is 10.0. The molecule has 192 valence electrons. The summed E-state index contributed by atoms with van der Waals surface area (Å²) >= 11 is 0. The normalized spacial score (nSPS) is 44.0. The minimum atomic E-state index is -0.194. The van der Waals surface area contributed by atoms with E-state index in [9.17, 15) is 10.2 Å². The number of rotatable bonds is 4. The molecule has 1 aromatic carbocycles. The maximum Gasteiger partial charge on any atom is 0.107 e. The number of hydrogen-bond acceptors (Lipinski definition) is 3. The molecule has 4 aliphatic rings. The predicted molar refractivity (Wildman–Crippen MR) is 141 cm³/mol. The Labute approximate surface area is 211 Å². The van der Waals surface area contributed by atoms with Crippen LogP contribution in [0.2, 0.25) is 0 Å². The molecule has 4 fully saturated rings. The molecule has 4 heteroatoms. The third-order valence-electron chi connectivity index (χ3n) is 12.0. The summed E-state index contributed by atoms with van der Waals surface area (Å²) in [4.78, 5) is 8.40. The van der Waals surface area contributed by atoms with Crippen molar-refractivity contribution in [3.63, 3.8) is 0 Å². The van der Waals surface area contributed by atoms with Gasteiger partial charge < -0.3 is 15.2 Å². The van der Waals surface area contributed by atoms with Crippen LogP contribution in [0.1, 0.15) is 89.9 Å². The van der Waals surface area contributed by atoms with Crippen molar-refractivity contribution in [3.8, 4) is 0 Å². The number of aromatic amines is 1. The number of H-pyrrole nitrogens is 1. The Kier molecular flexibility index (Phi) is 5.88. The lowest BCUT2D eigenvalue weighted by Crippen LogP contribution is -2.58. The van der Waals surface area contributed by atoms with Crippen LogP contribution in [0.15, 0.2) is 18.2 Å². The summed E-state index contributed by atoms with van der Waals surface area (Å²) in [6.45, 7) is 9.53. The highest BCUT2D eigenvalue weighted by Gasteiger charge is 2.63. The topological polar surface area (TPSA) is 69.1 Å². The average molecular weight is 479 g/mol. The first kappa shape index (κ1) is 24.0. The lowest BCUT2D eigenvalue weighted by molar-refractivity contribution is -0.174. The van der Waals surface area contributed by atoms with E-state index in [4.69, 9.17) is 4.98 Å². The molecule has 35 heavy (non-hydrogen) atoms. The van der Waals surface area contributed by atoms with Crippen LogP contribution >= 0.6 is 0 Å². The van der Waals surface area contributed by atoms with Crippen molar-refractivity contribution >= 4 is 11.0 Å². The third kappa shape index (κ3) is 3.72. The van der Waals surface area contributed by atoms with Crippen LogP contribution in [-0.4, -0.2) is 32.4 Å². The van der Waals surface area contributed by atoms with Crippen molar-refractivity contribution in [3.05, 3.63) is 29.6 Å². The second-order valence-corrected chi connectivity index (χ2v) is 13.6. The maximum absolute atomic E-state index is 11.8. The van der Waals surface area contributed by atoms with Gasteiger partial charge in [0, 0.05) is 6.42 Å². The molecule has 0 spiro atoms. The van der Waals surface area contributed by atoms with Gasteiger partial charge in [-0.05, 0) is 129 Å². The highest BCUT2D eigenvalue weighted by atomic mass is 16.3. The van der Waals surface area contributed by atoms with Crippen LogP contribution in [0.3, 0.4) is 0 Å². The quantitative estimate of drug-likeness (QED) is 0.474. The minimum absolute atomic E-state index is 0.0446. The molecule has 1 aromatic heterocycles. The van der Waals surface area contributed by atoms with Gasteiger partial charge in [0.15, 0.2) is 0 Å². The Bertz CT molecular complexity index is 1080. The molecule has 6 rings (SSSR count). The van der Waals surface area contributed by atoms with Gasteiger partial charge in [0.05, 0.1) is 23.2 Å². The molecule has 0 aliphatic heterocycles. The van der Waals surface area contributed by atoms with E-state index in [0.717, 1.165) is 61.3 Å². The Morgan fingerprint density at radius 1 is 1.06 bits per heavy atom. The van der Waals surface area contributed by atoms with Crippen LogP contribution < -0.4 is 0 Å². The summed E-state index contributed by atoms with van der Waals surface area (Å²) in [7, 11) is 0. The van der Waals surface area contributed by atoms with E-state index < -0.39 is 0 Å². The third-order valence-corrected chi connectivity index (χ3v) is 12.0. The predicted octanol–water partition coefficient (Wildman–Crippen LogP) is 6.43. The first-order valence-electron chi connectivity index (χ1n) is 14.5. The molecule has 0 saturated heterocycles. The summed E-state index contributed by atoms with van der Waals surface area (Å²) in [5.41, 5.74) is 3.84. The molecular weight excluding hydrogens is 432 g/mol. The molecule has 0 bridgehead atoms. The van der Waals surface area contributed by atoms with Gasteiger partial charge in [0.2, 0.25) is 0 Å². The van der Waals surface area contributed by atoms with Gasteiger partial charge >= 0.3 is 0 Å². The van der Waals surface area contributed by atoms with E-state index in [1.54, 1.807) is 0 Å². The Hall–Kier alpha value is -1.39. The standard InChI is InChI=1S/C31H46N2O2/c1-18-5-11-26-27(15-18)33-29(32-26)12-6-19(2)23-9-10-24-22-8-7-20-16-21(34)13-14-30(20,3)25(22)17-28(35)31(23,24)4/h5,11,15,19-25,28,34-35H,6-10,12-14,16-17H2,1-4H3,(H,32,33)/t19-,20-,21+,22-,23-,24+,25-,28+,30+,31-/m1/s1. The fraction of sp³-hybridized carbons (Fsp3) is 0.774. The van der Waals surface area contributed by atoms with Crippen molar-refractivity contribution < 1.29 is 10.2 Å². The number of benzene rings is 1. The van der Waals surface area contributed by atoms with Gasteiger partial charge in [0.1, 0.15) is 5.82 Å². The van der Waals surface area contributed by atoms with Crippen LogP contribution in [0.5, 0.6) is 0 Å². The van der Waals surface area contributed by atoms with Gasteiger partial charge in [-0.1, -0.05) is 26.8 Å². The van der Waals surface area contributed by atoms with Crippen LogP contribution in [-0.2, 0) is 6.42 Å². The summed E-state index contributed by atoms with van der Waals surface area (Å²) in [5, 5.41) is 22.1. The number of nitrogens with zero attached hydrogens (tertiary/aromatic N) is 1. The van der Waals surface area contributed by atoms with Crippen molar-refractivity contribution in [1.29, 1.82) is 0 Å². The number of aliphatic hydroxyl groups is 2. The highest BCUT2D eigenvalue weighted by Crippen LogP contribution is 2.68. The summed E-state index contributed by atoms with van der Waals surface area (Å²) in [6.07, 6.45) is 11.0. The SMILES string of the molecule is Cc1ccc2nc(CC[C@@H](C)[C@H]3CC[C@H]4[C@H]5CC[C@@H]6C[C@@H](O)CC[C@]6(C)[C@@H]5C[C@H](O)[C@]34C)[nH]c2c1. The Balaban J connectivity index is 1.18. The average Bonchev–Trinajstić information content (AvgIpc) is 3.40. The van der Waals surface area contributed by atoms with E-state index in [0.29, 0.717) is 35.0 Å². The second-order valence-electron chi connectivity index (χ2n) is 13.6. The van der Waals surface area contributed by atoms with E-state index in [1.807, 2.05) is 0 Å². The van der Waals surface area contributed by atoms with E-state index in [2.05, 4.69) is 50.9 Å². The first-order valence-corrected chi connectivity index (χ1v) is 14.5. The van der Waals surface area contributed by atoms with Gasteiger partial charge in [-0.2, -0.15) is 0 Å². The molecule has 3 N–H and O–H groups in total. The molecule has 4 saturated carbocycles. The highest BCUT2D eigenvalue weighted by molar-refractivity contribution is 5.75. The molecule has 0 unspecified atom stereocenters.